The van der Waals surface area contributed by atoms with Crippen molar-refractivity contribution in [1.29, 1.82) is 0 Å². The Morgan fingerprint density at radius 1 is 1.25 bits per heavy atom. The Kier molecular flexibility index (Phi) is 5.39. The summed E-state index contributed by atoms with van der Waals surface area (Å²) in [5, 5.41) is 9.00. The van der Waals surface area contributed by atoms with Crippen LogP contribution < -0.4 is 15.8 Å². The van der Waals surface area contributed by atoms with Crippen LogP contribution >= 0.6 is 0 Å². The molecule has 0 saturated carbocycles. The molecule has 0 spiro atoms. The summed E-state index contributed by atoms with van der Waals surface area (Å²) in [5.41, 5.74) is -0.154. The lowest BCUT2D eigenvalue weighted by Gasteiger charge is -2.33. The molecule has 0 aliphatic carbocycles. The third-order valence-electron chi connectivity index (χ3n) is 4.93. The van der Waals surface area contributed by atoms with Gasteiger partial charge in [-0.05, 0) is 44.4 Å². The van der Waals surface area contributed by atoms with Crippen LogP contribution in [0.15, 0.2) is 23.1 Å². The van der Waals surface area contributed by atoms with Crippen molar-refractivity contribution >= 4 is 11.7 Å². The van der Waals surface area contributed by atoms with Crippen molar-refractivity contribution in [1.82, 2.24) is 20.5 Å². The Morgan fingerprint density at radius 3 is 2.50 bits per heavy atom. The number of nitrogens with one attached hydrogen (secondary N) is 2. The molecule has 0 unspecified atom stereocenters. The summed E-state index contributed by atoms with van der Waals surface area (Å²) in [6.07, 6.45) is -2.40. The Balaban J connectivity index is 1.61. The number of halogens is 3. The standard InChI is InChI=1S/C18H20F3N5O2/c1-10-11(2)24-25-17(28)15(10)16(27)23-13-5-7-26(8-6-13)14-4-3-12(9-22-14)18(19,20)21/h3-4,9,13H,5-8H2,1-2H3,(H,23,27)(H,25,28). The highest BCUT2D eigenvalue weighted by Gasteiger charge is 2.31. The second-order valence-corrected chi connectivity index (χ2v) is 6.78. The van der Waals surface area contributed by atoms with Gasteiger partial charge in [0, 0.05) is 25.3 Å². The molecule has 1 aliphatic rings. The number of pyridine rings is 1. The van der Waals surface area contributed by atoms with Gasteiger partial charge in [0.15, 0.2) is 0 Å². The number of aromatic amines is 1. The molecule has 0 bridgehead atoms. The number of carbonyl (C=O) groups is 1. The summed E-state index contributed by atoms with van der Waals surface area (Å²) in [6, 6.07) is 2.23. The minimum Gasteiger partial charge on any atom is -0.356 e. The first-order valence-electron chi connectivity index (χ1n) is 8.81. The second-order valence-electron chi connectivity index (χ2n) is 6.78. The zero-order chi connectivity index (χ0) is 20.5. The molecule has 2 N–H and O–H groups in total. The van der Waals surface area contributed by atoms with Crippen LogP contribution in [0.2, 0.25) is 0 Å². The molecule has 0 atom stereocenters. The van der Waals surface area contributed by atoms with E-state index in [4.69, 9.17) is 0 Å². The normalized spacial score (nSPS) is 15.5. The highest BCUT2D eigenvalue weighted by Crippen LogP contribution is 2.29. The van der Waals surface area contributed by atoms with Gasteiger partial charge in [0.05, 0.1) is 11.3 Å². The van der Waals surface area contributed by atoms with E-state index in [-0.39, 0.29) is 11.6 Å². The van der Waals surface area contributed by atoms with Crippen LogP contribution in [0.3, 0.4) is 0 Å². The molecular weight excluding hydrogens is 375 g/mol. The van der Waals surface area contributed by atoms with Crippen molar-refractivity contribution in [2.24, 2.45) is 0 Å². The average Bonchev–Trinajstić information content (AvgIpc) is 2.65. The molecule has 0 aromatic carbocycles. The van der Waals surface area contributed by atoms with E-state index in [0.717, 1.165) is 12.3 Å². The summed E-state index contributed by atoms with van der Waals surface area (Å²) in [5.74, 6) is 0.0187. The summed E-state index contributed by atoms with van der Waals surface area (Å²) >= 11 is 0. The van der Waals surface area contributed by atoms with E-state index in [2.05, 4.69) is 20.5 Å². The van der Waals surface area contributed by atoms with Gasteiger partial charge in [-0.15, -0.1) is 0 Å². The number of carbonyl (C=O) groups excluding carboxylic acids is 1. The molecule has 2 aromatic rings. The van der Waals surface area contributed by atoms with Crippen molar-refractivity contribution < 1.29 is 18.0 Å². The largest absolute Gasteiger partial charge is 0.417 e. The number of hydrogen-bond acceptors (Lipinski definition) is 5. The van der Waals surface area contributed by atoms with Crippen molar-refractivity contribution in [3.05, 3.63) is 51.1 Å². The molecule has 1 aliphatic heterocycles. The van der Waals surface area contributed by atoms with Crippen molar-refractivity contribution in [2.45, 2.75) is 38.9 Å². The number of amides is 1. The van der Waals surface area contributed by atoms with Crippen molar-refractivity contribution in [3.8, 4) is 0 Å². The van der Waals surface area contributed by atoms with Gasteiger partial charge < -0.3 is 10.2 Å². The van der Waals surface area contributed by atoms with Crippen LogP contribution in [0, 0.1) is 13.8 Å². The Morgan fingerprint density at radius 2 is 1.93 bits per heavy atom. The fourth-order valence-electron chi connectivity index (χ4n) is 3.15. The summed E-state index contributed by atoms with van der Waals surface area (Å²) in [6.45, 7) is 4.45. The maximum Gasteiger partial charge on any atom is 0.417 e. The van der Waals surface area contributed by atoms with Crippen LogP contribution in [0.25, 0.3) is 0 Å². The highest BCUT2D eigenvalue weighted by molar-refractivity contribution is 5.95. The SMILES string of the molecule is Cc1n[nH]c(=O)c(C(=O)NC2CCN(c3ccc(C(F)(F)F)cn3)CC2)c1C. The van der Waals surface area contributed by atoms with E-state index in [0.29, 0.717) is 43.0 Å². The van der Waals surface area contributed by atoms with Gasteiger partial charge in [0.25, 0.3) is 11.5 Å². The molecule has 0 radical (unpaired) electrons. The van der Waals surface area contributed by atoms with E-state index < -0.39 is 23.2 Å². The van der Waals surface area contributed by atoms with Crippen LogP contribution in [-0.4, -0.2) is 40.2 Å². The number of H-pyrrole nitrogens is 1. The third kappa shape index (κ3) is 4.15. The smallest absolute Gasteiger partial charge is 0.356 e. The van der Waals surface area contributed by atoms with E-state index in [1.165, 1.54) is 6.07 Å². The lowest BCUT2D eigenvalue weighted by Crippen LogP contribution is -2.46. The molecule has 1 fully saturated rings. The number of nitrogens with zero attached hydrogens (tertiary/aromatic N) is 3. The maximum atomic E-state index is 12.6. The number of hydrogen-bond donors (Lipinski definition) is 2. The average molecular weight is 395 g/mol. The van der Waals surface area contributed by atoms with Crippen LogP contribution in [-0.2, 0) is 6.18 Å². The van der Waals surface area contributed by atoms with Crippen molar-refractivity contribution in [3.63, 3.8) is 0 Å². The molecular formula is C18H20F3N5O2. The number of alkyl halides is 3. The Bertz CT molecular complexity index is 916. The molecule has 3 rings (SSSR count). The number of anilines is 1. The first-order chi connectivity index (χ1) is 13.2. The molecule has 3 heterocycles. The van der Waals surface area contributed by atoms with Gasteiger partial charge in [-0.25, -0.2) is 10.1 Å². The second kappa shape index (κ2) is 7.61. The summed E-state index contributed by atoms with van der Waals surface area (Å²) in [4.78, 5) is 30.2. The minimum absolute atomic E-state index is 0.0549. The van der Waals surface area contributed by atoms with Gasteiger partial charge in [-0.3, -0.25) is 9.59 Å². The van der Waals surface area contributed by atoms with Gasteiger partial charge in [-0.2, -0.15) is 18.3 Å². The Hall–Kier alpha value is -2.91. The highest BCUT2D eigenvalue weighted by atomic mass is 19.4. The summed E-state index contributed by atoms with van der Waals surface area (Å²) in [7, 11) is 0. The zero-order valence-electron chi connectivity index (χ0n) is 15.4. The first-order valence-corrected chi connectivity index (χ1v) is 8.81. The quantitative estimate of drug-likeness (QED) is 0.832. The topological polar surface area (TPSA) is 91.0 Å². The first kappa shape index (κ1) is 19.8. The predicted molar refractivity (Wildman–Crippen MR) is 96.3 cm³/mol. The number of aryl methyl sites for hydroxylation is 1. The van der Waals surface area contributed by atoms with E-state index in [9.17, 15) is 22.8 Å². The lowest BCUT2D eigenvalue weighted by atomic mass is 10.0. The monoisotopic (exact) mass is 395 g/mol. The van der Waals surface area contributed by atoms with E-state index in [1.807, 2.05) is 4.90 Å². The lowest BCUT2D eigenvalue weighted by molar-refractivity contribution is -0.137. The molecule has 150 valence electrons. The van der Waals surface area contributed by atoms with Gasteiger partial charge in [0.2, 0.25) is 0 Å². The van der Waals surface area contributed by atoms with E-state index in [1.54, 1.807) is 13.8 Å². The predicted octanol–water partition coefficient (Wildman–Crippen LogP) is 2.20. The van der Waals surface area contributed by atoms with Gasteiger partial charge >= 0.3 is 6.18 Å². The van der Waals surface area contributed by atoms with E-state index >= 15 is 0 Å². The van der Waals surface area contributed by atoms with Crippen LogP contribution in [0.5, 0.6) is 0 Å². The van der Waals surface area contributed by atoms with Crippen LogP contribution in [0.4, 0.5) is 19.0 Å². The van der Waals surface area contributed by atoms with Gasteiger partial charge in [-0.1, -0.05) is 0 Å². The number of rotatable bonds is 3. The number of piperidine rings is 1. The van der Waals surface area contributed by atoms with Gasteiger partial charge in [0.1, 0.15) is 11.4 Å². The fourth-order valence-corrected chi connectivity index (χ4v) is 3.15. The molecule has 2 aromatic heterocycles. The molecule has 10 heteroatoms. The third-order valence-corrected chi connectivity index (χ3v) is 4.93. The molecule has 1 amide bonds. The molecule has 1 saturated heterocycles. The summed E-state index contributed by atoms with van der Waals surface area (Å²) < 4.78 is 37.9. The van der Waals surface area contributed by atoms with Crippen LogP contribution in [0.1, 0.15) is 40.0 Å². The maximum absolute atomic E-state index is 12.6. The minimum atomic E-state index is -4.41. The zero-order valence-corrected chi connectivity index (χ0v) is 15.4. The molecule has 28 heavy (non-hydrogen) atoms. The van der Waals surface area contributed by atoms with Crippen molar-refractivity contribution in [2.75, 3.05) is 18.0 Å². The number of aromatic nitrogens is 3. The Labute approximate surface area is 159 Å². The molecule has 7 nitrogen and oxygen atoms in total. The fraction of sp³-hybridized carbons (Fsp3) is 0.444.